The van der Waals surface area contributed by atoms with Crippen LogP contribution in [0.2, 0.25) is 0 Å². The molecule has 6 heteroatoms. The Morgan fingerprint density at radius 2 is 0.500 bits per heavy atom. The monoisotopic (exact) mass is 1070 g/mol. The number of unbranched alkanes of at least 4 members (excludes halogenated alkanes) is 15. The van der Waals surface area contributed by atoms with Gasteiger partial charge in [-0.15, -0.1) is 0 Å². The molecule has 78 heavy (non-hydrogen) atoms. The Hall–Kier alpha value is -5.23. The molecule has 0 bridgehead atoms. The zero-order valence-corrected chi connectivity index (χ0v) is 49.9. The molecule has 436 valence electrons. The van der Waals surface area contributed by atoms with Gasteiger partial charge in [0, 0.05) is 19.3 Å². The highest BCUT2D eigenvalue weighted by Gasteiger charge is 2.19. The molecule has 0 saturated carbocycles. The molecule has 0 aromatic rings. The maximum absolute atomic E-state index is 12.8. The van der Waals surface area contributed by atoms with E-state index in [1.165, 1.54) is 32.1 Å². The van der Waals surface area contributed by atoms with Crippen molar-refractivity contribution in [2.75, 3.05) is 13.2 Å². The summed E-state index contributed by atoms with van der Waals surface area (Å²) in [5.41, 5.74) is 0. The molecule has 0 aliphatic heterocycles. The predicted octanol–water partition coefficient (Wildman–Crippen LogP) is 21.5. The molecule has 0 aliphatic rings. The van der Waals surface area contributed by atoms with Crippen LogP contribution in [0.1, 0.15) is 245 Å². The molecule has 0 aliphatic carbocycles. The summed E-state index contributed by atoms with van der Waals surface area (Å²) in [7, 11) is 0. The van der Waals surface area contributed by atoms with E-state index in [-0.39, 0.29) is 31.1 Å². The molecule has 0 saturated heterocycles. The minimum absolute atomic E-state index is 0.0988. The highest BCUT2D eigenvalue weighted by atomic mass is 16.6. The van der Waals surface area contributed by atoms with Gasteiger partial charge in [-0.1, -0.05) is 262 Å². The predicted molar refractivity (Wildman–Crippen MR) is 338 cm³/mol. The van der Waals surface area contributed by atoms with Crippen molar-refractivity contribution in [2.45, 2.75) is 252 Å². The minimum Gasteiger partial charge on any atom is -0.462 e. The van der Waals surface area contributed by atoms with E-state index in [1.54, 1.807) is 0 Å². The average Bonchev–Trinajstić information content (AvgIpc) is 3.44. The van der Waals surface area contributed by atoms with Gasteiger partial charge in [-0.25, -0.2) is 0 Å². The number of rotatable bonds is 54. The number of carbonyl (C=O) groups is 3. The summed E-state index contributed by atoms with van der Waals surface area (Å²) in [6, 6.07) is 0. The van der Waals surface area contributed by atoms with Crippen LogP contribution in [-0.2, 0) is 28.6 Å². The normalized spacial score (nSPS) is 13.3. The number of ether oxygens (including phenoxy) is 3. The lowest BCUT2D eigenvalue weighted by Crippen LogP contribution is -2.30. The van der Waals surface area contributed by atoms with E-state index in [0.29, 0.717) is 19.3 Å². The van der Waals surface area contributed by atoms with Crippen LogP contribution in [0.5, 0.6) is 0 Å². The standard InChI is InChI=1S/C72H112O6/c1-4-7-10-13-16-18-20-22-24-26-28-29-30-31-32-33-34-35-36-37-38-39-40-41-42-43-45-46-48-50-52-54-56-59-62-65-71(74)77-68-69(67-76-70(73)64-61-58-15-12-9-6-3)78-72(75)66-63-60-57-55-53-51-49-47-44-27-25-23-21-19-17-14-11-8-5-2/h7-8,10-11,16-19,22-25,28-29,31-32,34-35,37-38,40-41,43-45,47-48,50,69H,4-6,9,12-15,20-21,26-27,30,33,36,39,42,46,49,51-68H2,1-3H3/b10-7-,11-8-,18-16-,19-17-,24-22-,25-23-,29-28-,32-31-,35-34-,38-37-,41-40-,45-43-,47-44-,50-48-. The fourth-order valence-corrected chi connectivity index (χ4v) is 7.87. The molecule has 6 nitrogen and oxygen atoms in total. The van der Waals surface area contributed by atoms with Gasteiger partial charge in [0.15, 0.2) is 6.10 Å². The Morgan fingerprint density at radius 1 is 0.269 bits per heavy atom. The third kappa shape index (κ3) is 61.6. The zero-order chi connectivity index (χ0) is 56.4. The van der Waals surface area contributed by atoms with Crippen molar-refractivity contribution in [3.05, 3.63) is 170 Å². The third-order valence-corrected chi connectivity index (χ3v) is 12.5. The Labute approximate surface area is 479 Å². The van der Waals surface area contributed by atoms with Crippen molar-refractivity contribution >= 4 is 17.9 Å². The highest BCUT2D eigenvalue weighted by molar-refractivity contribution is 5.71. The number of allylic oxidation sites excluding steroid dienone is 28. The second-order valence-corrected chi connectivity index (χ2v) is 19.9. The van der Waals surface area contributed by atoms with E-state index in [4.69, 9.17) is 14.2 Å². The van der Waals surface area contributed by atoms with E-state index in [0.717, 1.165) is 173 Å². The Balaban J connectivity index is 4.21. The number of carbonyl (C=O) groups excluding carboxylic acids is 3. The van der Waals surface area contributed by atoms with Gasteiger partial charge >= 0.3 is 17.9 Å². The smallest absolute Gasteiger partial charge is 0.306 e. The van der Waals surface area contributed by atoms with Crippen molar-refractivity contribution < 1.29 is 28.6 Å². The largest absolute Gasteiger partial charge is 0.462 e. The van der Waals surface area contributed by atoms with E-state index in [1.807, 2.05) is 0 Å². The third-order valence-electron chi connectivity index (χ3n) is 12.5. The first-order valence-corrected chi connectivity index (χ1v) is 31.1. The van der Waals surface area contributed by atoms with Gasteiger partial charge in [0.05, 0.1) is 0 Å². The van der Waals surface area contributed by atoms with E-state index in [9.17, 15) is 14.4 Å². The maximum atomic E-state index is 12.8. The highest BCUT2D eigenvalue weighted by Crippen LogP contribution is 2.13. The molecule has 0 radical (unpaired) electrons. The van der Waals surface area contributed by atoms with Gasteiger partial charge in [-0.05, 0) is 135 Å². The topological polar surface area (TPSA) is 78.9 Å². The Bertz CT molecular complexity index is 1810. The Kier molecular flexibility index (Phi) is 60.0. The van der Waals surface area contributed by atoms with Crippen LogP contribution in [-0.4, -0.2) is 37.2 Å². The van der Waals surface area contributed by atoms with Crippen molar-refractivity contribution in [1.29, 1.82) is 0 Å². The zero-order valence-electron chi connectivity index (χ0n) is 49.9. The number of hydrogen-bond acceptors (Lipinski definition) is 6. The molecular formula is C72H112O6. The molecule has 0 rings (SSSR count). The first-order valence-electron chi connectivity index (χ1n) is 31.1. The van der Waals surface area contributed by atoms with Crippen LogP contribution in [0.3, 0.4) is 0 Å². The lowest BCUT2D eigenvalue weighted by Gasteiger charge is -2.18. The second kappa shape index (κ2) is 64.3. The fraction of sp³-hybridized carbons (Fsp3) is 0.569. The molecule has 0 fully saturated rings. The second-order valence-electron chi connectivity index (χ2n) is 19.9. The minimum atomic E-state index is -0.801. The van der Waals surface area contributed by atoms with Crippen LogP contribution in [0, 0.1) is 0 Å². The molecule has 0 spiro atoms. The van der Waals surface area contributed by atoms with Crippen molar-refractivity contribution in [2.24, 2.45) is 0 Å². The van der Waals surface area contributed by atoms with Gasteiger partial charge in [0.25, 0.3) is 0 Å². The number of hydrogen-bond donors (Lipinski definition) is 0. The molecule has 0 aromatic heterocycles. The summed E-state index contributed by atoms with van der Waals surface area (Å²) < 4.78 is 16.7. The maximum Gasteiger partial charge on any atom is 0.306 e. The van der Waals surface area contributed by atoms with Gasteiger partial charge in [0.2, 0.25) is 0 Å². The van der Waals surface area contributed by atoms with Crippen LogP contribution >= 0.6 is 0 Å². The summed E-state index contributed by atoms with van der Waals surface area (Å²) in [4.78, 5) is 37.9. The number of esters is 3. The van der Waals surface area contributed by atoms with Crippen molar-refractivity contribution in [1.82, 2.24) is 0 Å². The van der Waals surface area contributed by atoms with Gasteiger partial charge < -0.3 is 14.2 Å². The molecule has 0 amide bonds. The summed E-state index contributed by atoms with van der Waals surface area (Å²) in [6.07, 6.45) is 95.3. The van der Waals surface area contributed by atoms with Crippen LogP contribution in [0.25, 0.3) is 0 Å². The molecular weight excluding hydrogens is 961 g/mol. The Morgan fingerprint density at radius 3 is 0.782 bits per heavy atom. The van der Waals surface area contributed by atoms with Crippen LogP contribution in [0.4, 0.5) is 0 Å². The molecule has 1 atom stereocenters. The quantitative estimate of drug-likeness (QED) is 0.0261. The van der Waals surface area contributed by atoms with Gasteiger partial charge in [-0.2, -0.15) is 0 Å². The van der Waals surface area contributed by atoms with Crippen LogP contribution in [0.15, 0.2) is 170 Å². The first-order chi connectivity index (χ1) is 38.5. The van der Waals surface area contributed by atoms with E-state index < -0.39 is 6.10 Å². The lowest BCUT2D eigenvalue weighted by molar-refractivity contribution is -0.167. The lowest BCUT2D eigenvalue weighted by atomic mass is 10.1. The van der Waals surface area contributed by atoms with Gasteiger partial charge in [-0.3, -0.25) is 14.4 Å². The van der Waals surface area contributed by atoms with Crippen LogP contribution < -0.4 is 0 Å². The van der Waals surface area contributed by atoms with E-state index >= 15 is 0 Å². The summed E-state index contributed by atoms with van der Waals surface area (Å²) in [5.74, 6) is -0.957. The SMILES string of the molecule is CC/C=C\C/C=C\C/C=C\C/C=C\C/C=C\C/C=C\C/C=C\C/C=C\C/C=C\C/C=C\CCCCCCC(=O)OCC(COC(=O)CCCCCCCC)OC(=O)CCCCCCCC/C=C\C/C=C\C/C=C\C/C=C\CC. The van der Waals surface area contributed by atoms with E-state index in [2.05, 4.69) is 191 Å². The molecule has 0 N–H and O–H groups in total. The average molecular weight is 1070 g/mol. The summed E-state index contributed by atoms with van der Waals surface area (Å²) >= 11 is 0. The molecule has 0 heterocycles. The summed E-state index contributed by atoms with van der Waals surface area (Å²) in [6.45, 7) is 6.30. The van der Waals surface area contributed by atoms with Gasteiger partial charge in [0.1, 0.15) is 13.2 Å². The summed E-state index contributed by atoms with van der Waals surface area (Å²) in [5, 5.41) is 0. The molecule has 0 aromatic carbocycles. The fourth-order valence-electron chi connectivity index (χ4n) is 7.87. The van der Waals surface area contributed by atoms with Crippen molar-refractivity contribution in [3.63, 3.8) is 0 Å². The molecule has 1 unspecified atom stereocenters. The first kappa shape index (κ1) is 72.8. The van der Waals surface area contributed by atoms with Crippen molar-refractivity contribution in [3.8, 4) is 0 Å².